The number of likely N-dealkylation sites (N-methyl/N-ethyl adjacent to an activating group) is 1. The van der Waals surface area contributed by atoms with Crippen LogP contribution in [0.2, 0.25) is 0 Å². The zero-order valence-corrected chi connectivity index (χ0v) is 15.1. The molecule has 0 fully saturated rings. The number of benzene rings is 3. The fourth-order valence-electron chi connectivity index (χ4n) is 2.72. The Kier molecular flexibility index (Phi) is 6.68. The largest absolute Gasteiger partial charge is 0.492 e. The normalized spacial score (nSPS) is 10.9. The van der Waals surface area contributed by atoms with Crippen molar-refractivity contribution in [2.75, 3.05) is 20.3 Å². The third-order valence-corrected chi connectivity index (χ3v) is 4.27. The minimum absolute atomic E-state index is 0.135. The quantitative estimate of drug-likeness (QED) is 0.563. The van der Waals surface area contributed by atoms with Gasteiger partial charge in [0.25, 0.3) is 0 Å². The summed E-state index contributed by atoms with van der Waals surface area (Å²) < 4.78 is 12.0. The predicted octanol–water partition coefficient (Wildman–Crippen LogP) is 4.65. The van der Waals surface area contributed by atoms with Gasteiger partial charge in [0, 0.05) is 6.54 Å². The standard InChI is InChI=1S/C23H25NO2/c1-24(17-20-11-5-2-6-12-20)21(18-25-22-13-7-3-8-14-22)19-26-23-15-9-4-10-16-23/h2-16,21H,17-19H2,1H3. The lowest BCUT2D eigenvalue weighted by atomic mass is 10.2. The molecular formula is C23H25NO2. The van der Waals surface area contributed by atoms with Gasteiger partial charge in [0.2, 0.25) is 0 Å². The van der Waals surface area contributed by atoms with Gasteiger partial charge in [-0.25, -0.2) is 0 Å². The molecule has 0 aliphatic rings. The molecule has 134 valence electrons. The Morgan fingerprint density at radius 3 is 1.54 bits per heavy atom. The van der Waals surface area contributed by atoms with E-state index in [0.717, 1.165) is 18.0 Å². The van der Waals surface area contributed by atoms with Gasteiger partial charge in [-0.05, 0) is 36.9 Å². The van der Waals surface area contributed by atoms with Crippen molar-refractivity contribution < 1.29 is 9.47 Å². The van der Waals surface area contributed by atoms with Crippen LogP contribution in [-0.4, -0.2) is 31.2 Å². The minimum atomic E-state index is 0.135. The summed E-state index contributed by atoms with van der Waals surface area (Å²) in [7, 11) is 2.11. The van der Waals surface area contributed by atoms with Gasteiger partial charge in [-0.3, -0.25) is 4.90 Å². The monoisotopic (exact) mass is 347 g/mol. The van der Waals surface area contributed by atoms with Gasteiger partial charge in [-0.1, -0.05) is 66.7 Å². The van der Waals surface area contributed by atoms with Crippen molar-refractivity contribution in [2.24, 2.45) is 0 Å². The Labute approximate surface area is 155 Å². The summed E-state index contributed by atoms with van der Waals surface area (Å²) in [6.45, 7) is 1.99. The highest BCUT2D eigenvalue weighted by Crippen LogP contribution is 2.14. The lowest BCUT2D eigenvalue weighted by molar-refractivity contribution is 0.106. The highest BCUT2D eigenvalue weighted by molar-refractivity contribution is 5.22. The van der Waals surface area contributed by atoms with Crippen LogP contribution in [0.3, 0.4) is 0 Å². The highest BCUT2D eigenvalue weighted by atomic mass is 16.5. The molecule has 3 heteroatoms. The molecule has 0 bridgehead atoms. The van der Waals surface area contributed by atoms with E-state index in [1.807, 2.05) is 66.7 Å². The molecule has 0 aliphatic carbocycles. The van der Waals surface area contributed by atoms with E-state index in [1.165, 1.54) is 5.56 Å². The first-order valence-electron chi connectivity index (χ1n) is 8.91. The molecule has 3 rings (SSSR count). The van der Waals surface area contributed by atoms with E-state index in [4.69, 9.17) is 9.47 Å². The van der Waals surface area contributed by atoms with E-state index in [9.17, 15) is 0 Å². The fraction of sp³-hybridized carbons (Fsp3) is 0.217. The van der Waals surface area contributed by atoms with Gasteiger partial charge in [0.15, 0.2) is 0 Å². The molecule has 0 aliphatic heterocycles. The summed E-state index contributed by atoms with van der Waals surface area (Å²) >= 11 is 0. The van der Waals surface area contributed by atoms with Crippen molar-refractivity contribution in [3.05, 3.63) is 96.6 Å². The summed E-state index contributed by atoms with van der Waals surface area (Å²) in [5.74, 6) is 1.76. The Bertz CT molecular complexity index is 703. The number of nitrogens with zero attached hydrogens (tertiary/aromatic N) is 1. The summed E-state index contributed by atoms with van der Waals surface area (Å²) in [6, 6.07) is 30.4. The molecule has 0 saturated heterocycles. The van der Waals surface area contributed by atoms with Gasteiger partial charge in [-0.15, -0.1) is 0 Å². The summed E-state index contributed by atoms with van der Waals surface area (Å²) in [6.07, 6.45) is 0. The van der Waals surface area contributed by atoms with Gasteiger partial charge in [0.1, 0.15) is 24.7 Å². The van der Waals surface area contributed by atoms with E-state index in [0.29, 0.717) is 13.2 Å². The van der Waals surface area contributed by atoms with Crippen LogP contribution in [0.25, 0.3) is 0 Å². The topological polar surface area (TPSA) is 21.7 Å². The van der Waals surface area contributed by atoms with Crippen LogP contribution in [0.4, 0.5) is 0 Å². The first-order chi connectivity index (χ1) is 12.8. The van der Waals surface area contributed by atoms with Gasteiger partial charge < -0.3 is 9.47 Å². The van der Waals surface area contributed by atoms with E-state index < -0.39 is 0 Å². The molecule has 3 nitrogen and oxygen atoms in total. The van der Waals surface area contributed by atoms with Crippen molar-refractivity contribution in [3.63, 3.8) is 0 Å². The first kappa shape index (κ1) is 18.0. The molecule has 26 heavy (non-hydrogen) atoms. The zero-order valence-electron chi connectivity index (χ0n) is 15.1. The third-order valence-electron chi connectivity index (χ3n) is 4.27. The molecule has 0 N–H and O–H groups in total. The van der Waals surface area contributed by atoms with E-state index in [-0.39, 0.29) is 6.04 Å². The van der Waals surface area contributed by atoms with Gasteiger partial charge >= 0.3 is 0 Å². The lowest BCUT2D eigenvalue weighted by Gasteiger charge is -2.28. The second kappa shape index (κ2) is 9.64. The maximum Gasteiger partial charge on any atom is 0.119 e. The average molecular weight is 347 g/mol. The van der Waals surface area contributed by atoms with Crippen LogP contribution < -0.4 is 9.47 Å². The molecule has 0 heterocycles. The van der Waals surface area contributed by atoms with Crippen molar-refractivity contribution in [2.45, 2.75) is 12.6 Å². The number of rotatable bonds is 9. The van der Waals surface area contributed by atoms with Crippen LogP contribution in [0.15, 0.2) is 91.0 Å². The second-order valence-corrected chi connectivity index (χ2v) is 6.30. The molecule has 3 aromatic carbocycles. The highest BCUT2D eigenvalue weighted by Gasteiger charge is 2.17. The summed E-state index contributed by atoms with van der Waals surface area (Å²) in [5, 5.41) is 0. The first-order valence-corrected chi connectivity index (χ1v) is 8.91. The molecule has 0 atom stereocenters. The molecule has 0 unspecified atom stereocenters. The molecule has 3 aromatic rings. The van der Waals surface area contributed by atoms with E-state index in [1.54, 1.807) is 0 Å². The minimum Gasteiger partial charge on any atom is -0.492 e. The third kappa shape index (κ3) is 5.64. The van der Waals surface area contributed by atoms with Crippen LogP contribution in [-0.2, 0) is 6.54 Å². The van der Waals surface area contributed by atoms with Gasteiger partial charge in [0.05, 0.1) is 6.04 Å². The van der Waals surface area contributed by atoms with Crippen LogP contribution in [0, 0.1) is 0 Å². The summed E-state index contributed by atoms with van der Waals surface area (Å²) in [5.41, 5.74) is 1.28. The Balaban J connectivity index is 1.63. The van der Waals surface area contributed by atoms with Crippen LogP contribution >= 0.6 is 0 Å². The summed E-state index contributed by atoms with van der Waals surface area (Å²) in [4.78, 5) is 2.28. The van der Waals surface area contributed by atoms with Crippen molar-refractivity contribution >= 4 is 0 Å². The molecule has 0 radical (unpaired) electrons. The Hall–Kier alpha value is -2.78. The lowest BCUT2D eigenvalue weighted by Crippen LogP contribution is -2.40. The molecular weight excluding hydrogens is 322 g/mol. The van der Waals surface area contributed by atoms with Crippen molar-refractivity contribution in [1.29, 1.82) is 0 Å². The SMILES string of the molecule is CN(Cc1ccccc1)C(COc1ccccc1)COc1ccccc1. The molecule has 0 amide bonds. The number of para-hydroxylation sites is 2. The smallest absolute Gasteiger partial charge is 0.119 e. The van der Waals surface area contributed by atoms with Crippen LogP contribution in [0.5, 0.6) is 11.5 Å². The average Bonchev–Trinajstić information content (AvgIpc) is 2.70. The number of hydrogen-bond acceptors (Lipinski definition) is 3. The number of ether oxygens (including phenoxy) is 2. The molecule has 0 saturated carbocycles. The van der Waals surface area contributed by atoms with Crippen molar-refractivity contribution in [3.8, 4) is 11.5 Å². The Morgan fingerprint density at radius 2 is 1.08 bits per heavy atom. The second-order valence-electron chi connectivity index (χ2n) is 6.30. The van der Waals surface area contributed by atoms with Crippen LogP contribution in [0.1, 0.15) is 5.56 Å². The molecule has 0 aromatic heterocycles. The fourth-order valence-corrected chi connectivity index (χ4v) is 2.72. The molecule has 0 spiro atoms. The maximum atomic E-state index is 5.99. The van der Waals surface area contributed by atoms with E-state index in [2.05, 4.69) is 36.2 Å². The number of hydrogen-bond donors (Lipinski definition) is 0. The van der Waals surface area contributed by atoms with E-state index >= 15 is 0 Å². The maximum absolute atomic E-state index is 5.99. The van der Waals surface area contributed by atoms with Gasteiger partial charge in [-0.2, -0.15) is 0 Å². The predicted molar refractivity (Wildman–Crippen MR) is 106 cm³/mol. The Morgan fingerprint density at radius 1 is 0.654 bits per heavy atom. The zero-order chi connectivity index (χ0) is 18.0. The van der Waals surface area contributed by atoms with Crippen molar-refractivity contribution in [1.82, 2.24) is 4.90 Å².